The van der Waals surface area contributed by atoms with Crippen LogP contribution in [0.1, 0.15) is 26.7 Å². The highest BCUT2D eigenvalue weighted by atomic mass is 32.2. The monoisotopic (exact) mass is 420 g/mol. The fourth-order valence-electron chi connectivity index (χ4n) is 2.52. The first-order chi connectivity index (χ1) is 13.8. The second-order valence-electron chi connectivity index (χ2n) is 6.24. The molecular formula is C19H24N4O5S. The first kappa shape index (κ1) is 22.2. The fourth-order valence-corrected chi connectivity index (χ4v) is 3.76. The Balaban J connectivity index is 2.37. The SMILES string of the molecule is CCC(/C=N/Nc1ccc([N+](=O)[O-])cc1S(=O)(=O)Nc1ccc(OC)cc1)CC. The highest BCUT2D eigenvalue weighted by molar-refractivity contribution is 7.92. The lowest BCUT2D eigenvalue weighted by Gasteiger charge is -2.13. The van der Waals surface area contributed by atoms with E-state index in [1.165, 1.54) is 31.4 Å². The molecule has 2 aromatic carbocycles. The third-order valence-electron chi connectivity index (χ3n) is 4.33. The maximum Gasteiger partial charge on any atom is 0.270 e. The smallest absolute Gasteiger partial charge is 0.270 e. The Hall–Kier alpha value is -3.14. The summed E-state index contributed by atoms with van der Waals surface area (Å²) in [6, 6.07) is 9.82. The molecule has 2 aromatic rings. The number of nitro groups is 1. The minimum Gasteiger partial charge on any atom is -0.497 e. The topological polar surface area (TPSA) is 123 Å². The standard InChI is InChI=1S/C19H24N4O5S/c1-4-14(5-2)13-20-21-18-11-8-16(23(24)25)12-19(18)29(26,27)22-15-6-9-17(28-3)10-7-15/h6-14,21-22H,4-5H2,1-3H3/b20-13+. The van der Waals surface area contributed by atoms with Crippen LogP contribution in [-0.2, 0) is 10.0 Å². The molecule has 0 aromatic heterocycles. The van der Waals surface area contributed by atoms with Gasteiger partial charge in [-0.1, -0.05) is 13.8 Å². The van der Waals surface area contributed by atoms with E-state index in [2.05, 4.69) is 15.2 Å². The lowest BCUT2D eigenvalue weighted by Crippen LogP contribution is -2.15. The summed E-state index contributed by atoms with van der Waals surface area (Å²) in [5.74, 6) is 0.819. The van der Waals surface area contributed by atoms with E-state index < -0.39 is 14.9 Å². The van der Waals surface area contributed by atoms with Gasteiger partial charge in [0, 0.05) is 24.0 Å². The number of hydrogen-bond acceptors (Lipinski definition) is 7. The zero-order valence-electron chi connectivity index (χ0n) is 16.5. The summed E-state index contributed by atoms with van der Waals surface area (Å²) in [5.41, 5.74) is 2.79. The fraction of sp³-hybridized carbons (Fsp3) is 0.316. The number of methoxy groups -OCH3 is 1. The van der Waals surface area contributed by atoms with Gasteiger partial charge >= 0.3 is 0 Å². The highest BCUT2D eigenvalue weighted by Gasteiger charge is 2.22. The van der Waals surface area contributed by atoms with Gasteiger partial charge in [0.25, 0.3) is 15.7 Å². The van der Waals surface area contributed by atoms with Crippen molar-refractivity contribution in [2.24, 2.45) is 11.0 Å². The van der Waals surface area contributed by atoms with Crippen molar-refractivity contribution in [3.05, 3.63) is 52.6 Å². The van der Waals surface area contributed by atoms with Crippen molar-refractivity contribution in [2.75, 3.05) is 17.3 Å². The molecule has 0 radical (unpaired) electrons. The van der Waals surface area contributed by atoms with Gasteiger partial charge in [-0.25, -0.2) is 8.42 Å². The molecule has 2 rings (SSSR count). The number of hydrazone groups is 1. The van der Waals surface area contributed by atoms with Crippen LogP contribution in [0.5, 0.6) is 5.75 Å². The molecule has 0 unspecified atom stereocenters. The number of nitro benzene ring substituents is 1. The Morgan fingerprint density at radius 3 is 2.38 bits per heavy atom. The second-order valence-corrected chi connectivity index (χ2v) is 7.89. The van der Waals surface area contributed by atoms with E-state index in [-0.39, 0.29) is 22.2 Å². The van der Waals surface area contributed by atoms with E-state index in [1.54, 1.807) is 18.3 Å². The van der Waals surface area contributed by atoms with Crippen molar-refractivity contribution >= 4 is 33.3 Å². The molecule has 0 atom stereocenters. The minimum atomic E-state index is -4.11. The van der Waals surface area contributed by atoms with Crippen LogP contribution in [0.3, 0.4) is 0 Å². The molecule has 0 aliphatic carbocycles. The van der Waals surface area contributed by atoms with Crippen molar-refractivity contribution in [3.8, 4) is 5.75 Å². The number of benzene rings is 2. The molecule has 0 aliphatic rings. The quantitative estimate of drug-likeness (QED) is 0.337. The molecule has 0 aliphatic heterocycles. The van der Waals surface area contributed by atoms with Gasteiger partial charge < -0.3 is 4.74 Å². The number of non-ortho nitro benzene ring substituents is 1. The number of nitrogens with one attached hydrogen (secondary N) is 2. The molecule has 0 saturated heterocycles. The molecule has 0 fully saturated rings. The van der Waals surface area contributed by atoms with Gasteiger partial charge in [0.05, 0.1) is 17.7 Å². The van der Waals surface area contributed by atoms with Gasteiger partial charge in [-0.05, 0) is 49.1 Å². The van der Waals surface area contributed by atoms with Crippen molar-refractivity contribution in [1.29, 1.82) is 0 Å². The predicted molar refractivity (Wildman–Crippen MR) is 113 cm³/mol. The van der Waals surface area contributed by atoms with Crippen molar-refractivity contribution in [1.82, 2.24) is 0 Å². The maximum atomic E-state index is 12.9. The van der Waals surface area contributed by atoms with Crippen LogP contribution < -0.4 is 14.9 Å². The highest BCUT2D eigenvalue weighted by Crippen LogP contribution is 2.28. The molecule has 0 spiro atoms. The van der Waals surface area contributed by atoms with E-state index in [9.17, 15) is 18.5 Å². The van der Waals surface area contributed by atoms with E-state index in [4.69, 9.17) is 4.74 Å². The van der Waals surface area contributed by atoms with Crippen molar-refractivity contribution in [2.45, 2.75) is 31.6 Å². The largest absolute Gasteiger partial charge is 0.497 e. The van der Waals surface area contributed by atoms with Crippen LogP contribution in [0.4, 0.5) is 17.1 Å². The Bertz CT molecular complexity index is 971. The van der Waals surface area contributed by atoms with E-state index >= 15 is 0 Å². The third kappa shape index (κ3) is 5.92. The molecule has 10 heteroatoms. The Kier molecular flexibility index (Phi) is 7.54. The zero-order valence-corrected chi connectivity index (χ0v) is 17.3. The molecule has 156 valence electrons. The summed E-state index contributed by atoms with van der Waals surface area (Å²) in [5, 5.41) is 15.2. The number of rotatable bonds is 10. The van der Waals surface area contributed by atoms with Crippen LogP contribution in [0.2, 0.25) is 0 Å². The summed E-state index contributed by atoms with van der Waals surface area (Å²) >= 11 is 0. The minimum absolute atomic E-state index is 0.138. The molecular weight excluding hydrogens is 396 g/mol. The first-order valence-electron chi connectivity index (χ1n) is 9.05. The number of ether oxygens (including phenoxy) is 1. The summed E-state index contributed by atoms with van der Waals surface area (Å²) < 4.78 is 33.3. The van der Waals surface area contributed by atoms with Crippen LogP contribution in [0.25, 0.3) is 0 Å². The van der Waals surface area contributed by atoms with Gasteiger partial charge in [0.15, 0.2) is 0 Å². The molecule has 29 heavy (non-hydrogen) atoms. The summed E-state index contributed by atoms with van der Waals surface area (Å²) in [7, 11) is -2.61. The van der Waals surface area contributed by atoms with E-state index in [1.807, 2.05) is 13.8 Å². The average molecular weight is 420 g/mol. The van der Waals surface area contributed by atoms with Crippen LogP contribution in [-0.4, -0.2) is 26.7 Å². The number of hydrogen-bond donors (Lipinski definition) is 2. The average Bonchev–Trinajstić information content (AvgIpc) is 2.71. The number of anilines is 2. The zero-order chi connectivity index (χ0) is 21.4. The van der Waals surface area contributed by atoms with Gasteiger partial charge in [-0.3, -0.25) is 20.3 Å². The molecule has 2 N–H and O–H groups in total. The molecule has 0 saturated carbocycles. The third-order valence-corrected chi connectivity index (χ3v) is 5.75. The normalized spacial score (nSPS) is 11.6. The van der Waals surface area contributed by atoms with Crippen molar-refractivity contribution in [3.63, 3.8) is 0 Å². The van der Waals surface area contributed by atoms with Crippen molar-refractivity contribution < 1.29 is 18.1 Å². The second kappa shape index (κ2) is 9.87. The van der Waals surface area contributed by atoms with Crippen LogP contribution in [0.15, 0.2) is 52.5 Å². The van der Waals surface area contributed by atoms with Gasteiger partial charge in [0.2, 0.25) is 0 Å². The number of nitrogens with zero attached hydrogens (tertiary/aromatic N) is 2. The first-order valence-corrected chi connectivity index (χ1v) is 10.5. The number of sulfonamides is 1. The maximum absolute atomic E-state index is 12.9. The van der Waals surface area contributed by atoms with Gasteiger partial charge in [-0.15, -0.1) is 0 Å². The predicted octanol–water partition coefficient (Wildman–Crippen LogP) is 4.24. The lowest BCUT2D eigenvalue weighted by atomic mass is 10.1. The molecule has 0 amide bonds. The Morgan fingerprint density at radius 2 is 1.83 bits per heavy atom. The van der Waals surface area contributed by atoms with E-state index in [0.29, 0.717) is 11.4 Å². The summed E-state index contributed by atoms with van der Waals surface area (Å²) in [6.07, 6.45) is 3.49. The molecule has 0 heterocycles. The Labute approximate surface area is 170 Å². The molecule has 0 bridgehead atoms. The summed E-state index contributed by atoms with van der Waals surface area (Å²) in [6.45, 7) is 4.06. The van der Waals surface area contributed by atoms with Gasteiger partial charge in [0.1, 0.15) is 10.6 Å². The van der Waals surface area contributed by atoms with Gasteiger partial charge in [-0.2, -0.15) is 5.10 Å². The lowest BCUT2D eigenvalue weighted by molar-refractivity contribution is -0.385. The molecule has 9 nitrogen and oxygen atoms in total. The summed E-state index contributed by atoms with van der Waals surface area (Å²) in [4.78, 5) is 10.2. The van der Waals surface area contributed by atoms with E-state index in [0.717, 1.165) is 18.9 Å². The van der Waals surface area contributed by atoms with Crippen LogP contribution in [0, 0.1) is 16.0 Å². The van der Waals surface area contributed by atoms with Crippen LogP contribution >= 0.6 is 0 Å². The Morgan fingerprint density at radius 1 is 1.17 bits per heavy atom.